The summed E-state index contributed by atoms with van der Waals surface area (Å²) in [5.74, 6) is 0.892. The lowest BCUT2D eigenvalue weighted by Crippen LogP contribution is -2.34. The molecule has 0 bridgehead atoms. The molecular weight excluding hydrogens is 206 g/mol. The number of carbonyl (C=O) groups is 1. The van der Waals surface area contributed by atoms with Gasteiger partial charge in [-0.05, 0) is 38.3 Å². The van der Waals surface area contributed by atoms with Crippen LogP contribution in [0.4, 0.5) is 0 Å². The maximum atomic E-state index is 11.8. The van der Waals surface area contributed by atoms with Gasteiger partial charge in [-0.1, -0.05) is 6.92 Å². The van der Waals surface area contributed by atoms with Crippen molar-refractivity contribution in [3.63, 3.8) is 0 Å². The van der Waals surface area contributed by atoms with Crippen molar-refractivity contribution in [2.24, 2.45) is 0 Å². The third-order valence-corrected chi connectivity index (χ3v) is 2.70. The van der Waals surface area contributed by atoms with Crippen molar-refractivity contribution in [1.82, 2.24) is 5.32 Å². The van der Waals surface area contributed by atoms with E-state index in [0.29, 0.717) is 12.2 Å². The number of furan rings is 1. The van der Waals surface area contributed by atoms with E-state index in [9.17, 15) is 4.79 Å². The maximum Gasteiger partial charge on any atom is 0.287 e. The highest BCUT2D eigenvalue weighted by atomic mass is 16.3. The summed E-state index contributed by atoms with van der Waals surface area (Å²) < 4.78 is 5.33. The highest BCUT2D eigenvalue weighted by Gasteiger charge is 2.15. The van der Waals surface area contributed by atoms with Crippen LogP contribution in [0.3, 0.4) is 0 Å². The van der Waals surface area contributed by atoms with Crippen LogP contribution in [0.5, 0.6) is 0 Å². The molecule has 90 valence electrons. The molecule has 0 fully saturated rings. The van der Waals surface area contributed by atoms with Gasteiger partial charge in [0.05, 0.1) is 0 Å². The zero-order valence-corrected chi connectivity index (χ0v) is 10.0. The molecule has 1 heterocycles. The number of rotatable bonds is 5. The highest BCUT2D eigenvalue weighted by Crippen LogP contribution is 2.13. The van der Waals surface area contributed by atoms with Crippen molar-refractivity contribution < 1.29 is 14.3 Å². The van der Waals surface area contributed by atoms with Crippen LogP contribution in [0.25, 0.3) is 0 Å². The van der Waals surface area contributed by atoms with Crippen molar-refractivity contribution in [3.8, 4) is 0 Å². The van der Waals surface area contributed by atoms with Crippen LogP contribution in [0.2, 0.25) is 0 Å². The molecule has 0 saturated heterocycles. The van der Waals surface area contributed by atoms with Crippen molar-refractivity contribution in [3.05, 3.63) is 23.2 Å². The van der Waals surface area contributed by atoms with E-state index in [1.807, 2.05) is 20.8 Å². The first kappa shape index (κ1) is 12.8. The van der Waals surface area contributed by atoms with Gasteiger partial charge in [0.15, 0.2) is 5.76 Å². The fourth-order valence-electron chi connectivity index (χ4n) is 1.48. The molecule has 2 N–H and O–H groups in total. The van der Waals surface area contributed by atoms with Crippen LogP contribution in [0.1, 0.15) is 41.6 Å². The predicted octanol–water partition coefficient (Wildman–Crippen LogP) is 1.79. The quantitative estimate of drug-likeness (QED) is 0.803. The molecule has 1 aromatic heterocycles. The minimum Gasteiger partial charge on any atom is -0.456 e. The molecule has 0 aliphatic heterocycles. The smallest absolute Gasteiger partial charge is 0.287 e. The number of amides is 1. The maximum absolute atomic E-state index is 11.8. The zero-order valence-electron chi connectivity index (χ0n) is 10.0. The van der Waals surface area contributed by atoms with Gasteiger partial charge in [-0.25, -0.2) is 0 Å². The normalized spacial score (nSPS) is 12.5. The Hall–Kier alpha value is -1.29. The van der Waals surface area contributed by atoms with Crippen molar-refractivity contribution in [1.29, 1.82) is 0 Å². The van der Waals surface area contributed by atoms with Gasteiger partial charge in [0, 0.05) is 12.6 Å². The van der Waals surface area contributed by atoms with Gasteiger partial charge >= 0.3 is 0 Å². The standard InChI is InChI=1S/C12H19NO3/c1-4-10(5-6-14)13-12(15)11-7-8(2)9(3)16-11/h7,10,14H,4-6H2,1-3H3,(H,13,15). The number of aryl methyl sites for hydroxylation is 2. The Bertz CT molecular complexity index is 338. The van der Waals surface area contributed by atoms with Gasteiger partial charge in [0.25, 0.3) is 5.91 Å². The highest BCUT2D eigenvalue weighted by molar-refractivity contribution is 5.91. The second kappa shape index (κ2) is 5.70. The number of carbonyl (C=O) groups excluding carboxylic acids is 1. The molecule has 1 aromatic rings. The Morgan fingerprint density at radius 2 is 2.25 bits per heavy atom. The molecule has 0 aromatic carbocycles. The number of nitrogens with one attached hydrogen (secondary N) is 1. The van der Waals surface area contributed by atoms with Crippen LogP contribution in [-0.4, -0.2) is 23.7 Å². The Kier molecular flexibility index (Phi) is 4.55. The number of hydrogen-bond donors (Lipinski definition) is 2. The molecule has 4 nitrogen and oxygen atoms in total. The van der Waals surface area contributed by atoms with Gasteiger partial charge in [0.1, 0.15) is 5.76 Å². The lowest BCUT2D eigenvalue weighted by Gasteiger charge is -2.14. The van der Waals surface area contributed by atoms with Gasteiger partial charge < -0.3 is 14.8 Å². The van der Waals surface area contributed by atoms with Crippen LogP contribution in [0, 0.1) is 13.8 Å². The fraction of sp³-hybridized carbons (Fsp3) is 0.583. The molecule has 16 heavy (non-hydrogen) atoms. The van der Waals surface area contributed by atoms with E-state index in [1.54, 1.807) is 6.07 Å². The molecule has 0 saturated carbocycles. The number of hydrogen-bond acceptors (Lipinski definition) is 3. The summed E-state index contributed by atoms with van der Waals surface area (Å²) in [5, 5.41) is 11.7. The first-order chi connectivity index (χ1) is 7.58. The molecular formula is C12H19NO3. The van der Waals surface area contributed by atoms with E-state index >= 15 is 0 Å². The predicted molar refractivity (Wildman–Crippen MR) is 61.4 cm³/mol. The molecule has 4 heteroatoms. The van der Waals surface area contributed by atoms with Crippen LogP contribution in [0.15, 0.2) is 10.5 Å². The average molecular weight is 225 g/mol. The summed E-state index contributed by atoms with van der Waals surface area (Å²) in [4.78, 5) is 11.8. The first-order valence-corrected chi connectivity index (χ1v) is 5.57. The molecule has 1 unspecified atom stereocenters. The molecule has 1 rings (SSSR count). The Morgan fingerprint density at radius 3 is 2.69 bits per heavy atom. The second-order valence-corrected chi connectivity index (χ2v) is 3.94. The van der Waals surface area contributed by atoms with E-state index in [-0.39, 0.29) is 18.6 Å². The molecule has 0 spiro atoms. The van der Waals surface area contributed by atoms with Crippen LogP contribution in [-0.2, 0) is 0 Å². The van der Waals surface area contributed by atoms with Gasteiger partial charge in [-0.15, -0.1) is 0 Å². The Labute approximate surface area is 95.7 Å². The topological polar surface area (TPSA) is 62.5 Å². The van der Waals surface area contributed by atoms with Crippen molar-refractivity contribution >= 4 is 5.91 Å². The third kappa shape index (κ3) is 3.10. The van der Waals surface area contributed by atoms with E-state index in [0.717, 1.165) is 17.7 Å². The van der Waals surface area contributed by atoms with Crippen LogP contribution >= 0.6 is 0 Å². The molecule has 0 aliphatic rings. The van der Waals surface area contributed by atoms with E-state index in [1.165, 1.54) is 0 Å². The average Bonchev–Trinajstić information content (AvgIpc) is 2.58. The summed E-state index contributed by atoms with van der Waals surface area (Å²) in [6.45, 7) is 5.78. The second-order valence-electron chi connectivity index (χ2n) is 3.94. The molecule has 0 radical (unpaired) electrons. The minimum absolute atomic E-state index is 0.00297. The Morgan fingerprint density at radius 1 is 1.56 bits per heavy atom. The van der Waals surface area contributed by atoms with E-state index < -0.39 is 0 Å². The summed E-state index contributed by atoms with van der Waals surface area (Å²) in [6, 6.07) is 1.74. The molecule has 1 amide bonds. The number of aliphatic hydroxyl groups is 1. The monoisotopic (exact) mass is 225 g/mol. The van der Waals surface area contributed by atoms with E-state index in [4.69, 9.17) is 9.52 Å². The Balaban J connectivity index is 2.64. The zero-order chi connectivity index (χ0) is 12.1. The van der Waals surface area contributed by atoms with Crippen molar-refractivity contribution in [2.45, 2.75) is 39.7 Å². The fourth-order valence-corrected chi connectivity index (χ4v) is 1.48. The summed E-state index contributed by atoms with van der Waals surface area (Å²) in [6.07, 6.45) is 1.37. The lowest BCUT2D eigenvalue weighted by molar-refractivity contribution is 0.0899. The summed E-state index contributed by atoms with van der Waals surface area (Å²) in [5.41, 5.74) is 0.973. The first-order valence-electron chi connectivity index (χ1n) is 5.57. The summed E-state index contributed by atoms with van der Waals surface area (Å²) >= 11 is 0. The minimum atomic E-state index is -0.212. The van der Waals surface area contributed by atoms with E-state index in [2.05, 4.69) is 5.32 Å². The van der Waals surface area contributed by atoms with Crippen LogP contribution < -0.4 is 5.32 Å². The molecule has 1 atom stereocenters. The van der Waals surface area contributed by atoms with Gasteiger partial charge in [-0.3, -0.25) is 4.79 Å². The van der Waals surface area contributed by atoms with Crippen molar-refractivity contribution in [2.75, 3.05) is 6.61 Å². The largest absolute Gasteiger partial charge is 0.456 e. The van der Waals surface area contributed by atoms with Gasteiger partial charge in [0.2, 0.25) is 0 Å². The number of aliphatic hydroxyl groups excluding tert-OH is 1. The summed E-state index contributed by atoms with van der Waals surface area (Å²) in [7, 11) is 0. The SMILES string of the molecule is CCC(CCO)NC(=O)c1cc(C)c(C)o1. The molecule has 0 aliphatic carbocycles. The third-order valence-electron chi connectivity index (χ3n) is 2.70. The lowest BCUT2D eigenvalue weighted by atomic mass is 10.1. The van der Waals surface area contributed by atoms with Gasteiger partial charge in [-0.2, -0.15) is 0 Å².